The van der Waals surface area contributed by atoms with E-state index in [2.05, 4.69) is 20.4 Å². The van der Waals surface area contributed by atoms with Gasteiger partial charge in [-0.05, 0) is 49.2 Å². The Bertz CT molecular complexity index is 1180. The van der Waals surface area contributed by atoms with Crippen molar-refractivity contribution in [2.24, 2.45) is 10.2 Å². The zero-order valence-electron chi connectivity index (χ0n) is 19.8. The minimum absolute atomic E-state index is 0.675. The van der Waals surface area contributed by atoms with Crippen LogP contribution in [0.5, 0.6) is 11.5 Å². The number of aryl methyl sites for hydroxylation is 2. The van der Waals surface area contributed by atoms with Crippen molar-refractivity contribution in [3.63, 3.8) is 0 Å². The first-order valence-corrected chi connectivity index (χ1v) is 10.9. The molecule has 0 unspecified atom stereocenters. The maximum atomic E-state index is 5.21. The summed E-state index contributed by atoms with van der Waals surface area (Å²) < 4.78 is 14.2. The van der Waals surface area contributed by atoms with E-state index in [1.165, 1.54) is 0 Å². The second-order valence-corrected chi connectivity index (χ2v) is 7.92. The molecule has 0 saturated carbocycles. The normalized spacial score (nSPS) is 11.5. The first-order chi connectivity index (χ1) is 16.5. The number of aromatic nitrogens is 4. The molecule has 0 atom stereocenters. The van der Waals surface area contributed by atoms with E-state index in [1.54, 1.807) is 26.6 Å². The Morgan fingerprint density at radius 3 is 1.41 bits per heavy atom. The van der Waals surface area contributed by atoms with Crippen LogP contribution in [-0.4, -0.2) is 46.2 Å². The highest BCUT2D eigenvalue weighted by molar-refractivity contribution is 5.83. The van der Waals surface area contributed by atoms with E-state index < -0.39 is 0 Å². The third-order valence-corrected chi connectivity index (χ3v) is 5.44. The standard InChI is InChI=1S/C26H28N6O2/c1-19-23(17-31(29-19)15-21-5-9-25(33-3)10-6-21)13-27-28-14-24-18-32(30-20(24)2)16-22-7-11-26(34-4)12-8-22/h5-14,17-18H,15-16H2,1-4H3. The molecule has 174 valence electrons. The Morgan fingerprint density at radius 2 is 1.06 bits per heavy atom. The van der Waals surface area contributed by atoms with Crippen LogP contribution >= 0.6 is 0 Å². The summed E-state index contributed by atoms with van der Waals surface area (Å²) in [6.07, 6.45) is 7.38. The summed E-state index contributed by atoms with van der Waals surface area (Å²) in [7, 11) is 3.33. The van der Waals surface area contributed by atoms with Gasteiger partial charge in [0.1, 0.15) is 11.5 Å². The molecule has 4 rings (SSSR count). The minimum atomic E-state index is 0.675. The SMILES string of the molecule is COc1ccc(Cn2cc(C=NN=Cc3cn(Cc4ccc(OC)cc4)nc3C)c(C)n2)cc1. The summed E-state index contributed by atoms with van der Waals surface area (Å²) in [6.45, 7) is 5.27. The van der Waals surface area contributed by atoms with Crippen molar-refractivity contribution < 1.29 is 9.47 Å². The average Bonchev–Trinajstić information content (AvgIpc) is 3.38. The number of methoxy groups -OCH3 is 2. The number of hydrogen-bond donors (Lipinski definition) is 0. The fourth-order valence-electron chi connectivity index (χ4n) is 3.51. The molecule has 8 heteroatoms. The summed E-state index contributed by atoms with van der Waals surface area (Å²) in [5.74, 6) is 1.68. The number of ether oxygens (including phenoxy) is 2. The predicted molar refractivity (Wildman–Crippen MR) is 133 cm³/mol. The van der Waals surface area contributed by atoms with Crippen LogP contribution in [0.3, 0.4) is 0 Å². The smallest absolute Gasteiger partial charge is 0.118 e. The number of benzene rings is 2. The highest BCUT2D eigenvalue weighted by Gasteiger charge is 2.05. The summed E-state index contributed by atoms with van der Waals surface area (Å²) in [6, 6.07) is 15.9. The summed E-state index contributed by atoms with van der Waals surface area (Å²) >= 11 is 0. The van der Waals surface area contributed by atoms with Gasteiger partial charge in [-0.3, -0.25) is 9.36 Å². The van der Waals surface area contributed by atoms with Crippen molar-refractivity contribution in [1.29, 1.82) is 0 Å². The summed E-state index contributed by atoms with van der Waals surface area (Å²) in [5, 5.41) is 17.6. The van der Waals surface area contributed by atoms with E-state index in [0.29, 0.717) is 13.1 Å². The molecular weight excluding hydrogens is 428 g/mol. The van der Waals surface area contributed by atoms with Gasteiger partial charge in [0.15, 0.2) is 0 Å². The lowest BCUT2D eigenvalue weighted by atomic mass is 10.2. The Kier molecular flexibility index (Phi) is 7.17. The quantitative estimate of drug-likeness (QED) is 0.278. The maximum absolute atomic E-state index is 5.21. The number of hydrogen-bond acceptors (Lipinski definition) is 6. The highest BCUT2D eigenvalue weighted by atomic mass is 16.5. The van der Waals surface area contributed by atoms with E-state index >= 15 is 0 Å². The second kappa shape index (κ2) is 10.6. The van der Waals surface area contributed by atoms with Gasteiger partial charge in [0.2, 0.25) is 0 Å². The Morgan fingerprint density at radius 1 is 0.676 bits per heavy atom. The molecule has 0 fully saturated rings. The lowest BCUT2D eigenvalue weighted by Gasteiger charge is -2.03. The van der Waals surface area contributed by atoms with Crippen LogP contribution in [-0.2, 0) is 13.1 Å². The summed E-state index contributed by atoms with van der Waals surface area (Å²) in [4.78, 5) is 0. The largest absolute Gasteiger partial charge is 0.497 e. The third kappa shape index (κ3) is 5.78. The summed E-state index contributed by atoms with van der Waals surface area (Å²) in [5.41, 5.74) is 5.95. The molecule has 2 heterocycles. The van der Waals surface area contributed by atoms with Crippen LogP contribution < -0.4 is 9.47 Å². The minimum Gasteiger partial charge on any atom is -0.497 e. The maximum Gasteiger partial charge on any atom is 0.118 e. The molecule has 34 heavy (non-hydrogen) atoms. The Hall–Kier alpha value is -4.20. The monoisotopic (exact) mass is 456 g/mol. The van der Waals surface area contributed by atoms with Crippen molar-refractivity contribution in [1.82, 2.24) is 19.6 Å². The lowest BCUT2D eigenvalue weighted by Crippen LogP contribution is -2.00. The zero-order valence-corrected chi connectivity index (χ0v) is 19.8. The van der Waals surface area contributed by atoms with Crippen molar-refractivity contribution in [2.45, 2.75) is 26.9 Å². The van der Waals surface area contributed by atoms with Gasteiger partial charge in [0, 0.05) is 23.5 Å². The van der Waals surface area contributed by atoms with Gasteiger partial charge in [0.25, 0.3) is 0 Å². The van der Waals surface area contributed by atoms with E-state index in [0.717, 1.165) is 45.1 Å². The predicted octanol–water partition coefficient (Wildman–Crippen LogP) is 4.26. The molecule has 0 amide bonds. The molecule has 0 aliphatic carbocycles. The van der Waals surface area contributed by atoms with Crippen LogP contribution in [0.15, 0.2) is 71.1 Å². The fourth-order valence-corrected chi connectivity index (χ4v) is 3.51. The molecule has 0 radical (unpaired) electrons. The molecule has 0 aliphatic rings. The number of nitrogens with zero attached hydrogens (tertiary/aromatic N) is 6. The molecule has 4 aromatic rings. The van der Waals surface area contributed by atoms with Crippen LogP contribution in [0, 0.1) is 13.8 Å². The molecular formula is C26H28N6O2. The number of rotatable bonds is 9. The van der Waals surface area contributed by atoms with E-state index in [1.807, 2.05) is 84.1 Å². The van der Waals surface area contributed by atoms with Gasteiger partial charge in [-0.25, -0.2) is 0 Å². The van der Waals surface area contributed by atoms with Crippen molar-refractivity contribution in [3.8, 4) is 11.5 Å². The van der Waals surface area contributed by atoms with Crippen molar-refractivity contribution >= 4 is 12.4 Å². The topological polar surface area (TPSA) is 78.8 Å². The van der Waals surface area contributed by atoms with Crippen molar-refractivity contribution in [3.05, 3.63) is 94.6 Å². The van der Waals surface area contributed by atoms with Crippen LogP contribution in [0.1, 0.15) is 33.6 Å². The van der Waals surface area contributed by atoms with Gasteiger partial charge < -0.3 is 9.47 Å². The van der Waals surface area contributed by atoms with Crippen LogP contribution in [0.25, 0.3) is 0 Å². The molecule has 0 saturated heterocycles. The van der Waals surface area contributed by atoms with E-state index in [4.69, 9.17) is 9.47 Å². The third-order valence-electron chi connectivity index (χ3n) is 5.44. The fraction of sp³-hybridized carbons (Fsp3) is 0.231. The molecule has 0 bridgehead atoms. The molecule has 0 N–H and O–H groups in total. The second-order valence-electron chi connectivity index (χ2n) is 7.92. The average molecular weight is 457 g/mol. The van der Waals surface area contributed by atoms with Crippen LogP contribution in [0.2, 0.25) is 0 Å². The molecule has 0 aliphatic heterocycles. The van der Waals surface area contributed by atoms with Crippen LogP contribution in [0.4, 0.5) is 0 Å². The van der Waals surface area contributed by atoms with E-state index in [9.17, 15) is 0 Å². The molecule has 0 spiro atoms. The lowest BCUT2D eigenvalue weighted by molar-refractivity contribution is 0.414. The zero-order chi connectivity index (χ0) is 23.9. The van der Waals surface area contributed by atoms with Gasteiger partial charge in [-0.15, -0.1) is 0 Å². The van der Waals surface area contributed by atoms with Gasteiger partial charge in [0.05, 0.1) is 51.1 Å². The first kappa shape index (κ1) is 23.0. The first-order valence-electron chi connectivity index (χ1n) is 10.9. The van der Waals surface area contributed by atoms with Gasteiger partial charge in [-0.1, -0.05) is 24.3 Å². The molecule has 2 aromatic carbocycles. The molecule has 8 nitrogen and oxygen atoms in total. The van der Waals surface area contributed by atoms with Crippen molar-refractivity contribution in [2.75, 3.05) is 14.2 Å². The molecule has 2 aromatic heterocycles. The Labute approximate surface area is 199 Å². The van der Waals surface area contributed by atoms with Gasteiger partial charge >= 0.3 is 0 Å². The highest BCUT2D eigenvalue weighted by Crippen LogP contribution is 2.14. The Balaban J connectivity index is 1.37. The van der Waals surface area contributed by atoms with Gasteiger partial charge in [-0.2, -0.15) is 20.4 Å². The van der Waals surface area contributed by atoms with E-state index in [-0.39, 0.29) is 0 Å².